The average Bonchev–Trinajstić information content (AvgIpc) is 3.09. The number of hydrogen-bond donors (Lipinski definition) is 1. The van der Waals surface area contributed by atoms with Crippen molar-refractivity contribution in [1.82, 2.24) is 15.2 Å². The maximum absolute atomic E-state index is 4.64. The van der Waals surface area contributed by atoms with E-state index in [1.54, 1.807) is 11.3 Å². The molecule has 0 bridgehead atoms. The maximum atomic E-state index is 4.64. The molecule has 0 fully saturated rings. The summed E-state index contributed by atoms with van der Waals surface area (Å²) in [6.45, 7) is 6.62. The van der Waals surface area contributed by atoms with E-state index in [2.05, 4.69) is 54.2 Å². The van der Waals surface area contributed by atoms with Gasteiger partial charge in [-0.25, -0.2) is 4.98 Å². The third-order valence-corrected chi connectivity index (χ3v) is 4.09. The largest absolute Gasteiger partial charge is 0.258 e. The van der Waals surface area contributed by atoms with Gasteiger partial charge in [-0.3, -0.25) is 5.10 Å². The molecule has 0 aliphatic carbocycles. The van der Waals surface area contributed by atoms with E-state index < -0.39 is 0 Å². The van der Waals surface area contributed by atoms with Gasteiger partial charge in [0.05, 0.1) is 4.88 Å². The first-order valence-corrected chi connectivity index (χ1v) is 7.50. The van der Waals surface area contributed by atoms with Crippen molar-refractivity contribution in [3.63, 3.8) is 0 Å². The van der Waals surface area contributed by atoms with Crippen molar-refractivity contribution in [2.45, 2.75) is 26.2 Å². The number of hydrogen-bond acceptors (Lipinski definition) is 3. The number of H-pyrrole nitrogens is 1. The lowest BCUT2D eigenvalue weighted by molar-refractivity contribution is 0.591. The van der Waals surface area contributed by atoms with Crippen LogP contribution >= 0.6 is 11.3 Å². The molecule has 0 unspecified atom stereocenters. The van der Waals surface area contributed by atoms with Crippen molar-refractivity contribution < 1.29 is 0 Å². The van der Waals surface area contributed by atoms with Crippen LogP contribution in [0, 0.1) is 0 Å². The minimum atomic E-state index is 0.0698. The minimum absolute atomic E-state index is 0.0698. The Morgan fingerprint density at radius 2 is 1.85 bits per heavy atom. The Labute approximate surface area is 122 Å². The monoisotopic (exact) mass is 283 g/mol. The third-order valence-electron chi connectivity index (χ3n) is 3.22. The molecule has 102 valence electrons. The fourth-order valence-electron chi connectivity index (χ4n) is 2.24. The van der Waals surface area contributed by atoms with Crippen molar-refractivity contribution in [2.75, 3.05) is 0 Å². The normalized spacial score (nSPS) is 11.8. The first-order chi connectivity index (χ1) is 9.55. The Morgan fingerprint density at radius 3 is 2.55 bits per heavy atom. The number of aromatic nitrogens is 3. The van der Waals surface area contributed by atoms with Gasteiger partial charge in [0.2, 0.25) is 0 Å². The Morgan fingerprint density at radius 1 is 1.05 bits per heavy atom. The molecular formula is C16H17N3S. The van der Waals surface area contributed by atoms with Gasteiger partial charge in [0, 0.05) is 5.56 Å². The summed E-state index contributed by atoms with van der Waals surface area (Å²) in [5.74, 6) is 1.60. The molecule has 0 radical (unpaired) electrons. The summed E-state index contributed by atoms with van der Waals surface area (Å²) in [5.41, 5.74) is 2.43. The van der Waals surface area contributed by atoms with Gasteiger partial charge in [-0.2, -0.15) is 5.10 Å². The number of nitrogens with zero attached hydrogens (tertiary/aromatic N) is 2. The lowest BCUT2D eigenvalue weighted by Crippen LogP contribution is -2.12. The highest BCUT2D eigenvalue weighted by Gasteiger charge is 2.20. The van der Waals surface area contributed by atoms with Crippen LogP contribution in [-0.4, -0.2) is 15.2 Å². The summed E-state index contributed by atoms with van der Waals surface area (Å²) in [5, 5.41) is 9.46. The molecule has 3 nitrogen and oxygen atoms in total. The van der Waals surface area contributed by atoms with Crippen LogP contribution in [0.3, 0.4) is 0 Å². The topological polar surface area (TPSA) is 41.6 Å². The molecule has 0 aliphatic rings. The molecular weight excluding hydrogens is 266 g/mol. The first kappa shape index (κ1) is 13.1. The summed E-state index contributed by atoms with van der Waals surface area (Å²) in [6, 6.07) is 12.4. The zero-order chi connectivity index (χ0) is 14.2. The number of benzene rings is 1. The quantitative estimate of drug-likeness (QED) is 0.752. The van der Waals surface area contributed by atoms with E-state index in [1.165, 1.54) is 5.56 Å². The number of rotatable bonds is 2. The van der Waals surface area contributed by atoms with Gasteiger partial charge in [-0.1, -0.05) is 51.1 Å². The average molecular weight is 283 g/mol. The standard InChI is InChI=1S/C16H17N3S/c1-16(2,3)12-8-5-4-7-11(12)14-17-15(19-18-14)13-9-6-10-20-13/h4-10H,1-3H3,(H,17,18,19). The van der Waals surface area contributed by atoms with Crippen LogP contribution in [0.15, 0.2) is 41.8 Å². The molecule has 3 rings (SSSR count). The van der Waals surface area contributed by atoms with Crippen LogP contribution in [0.1, 0.15) is 26.3 Å². The SMILES string of the molecule is CC(C)(C)c1ccccc1-c1n[nH]c(-c2cccs2)n1. The molecule has 0 atom stereocenters. The van der Waals surface area contributed by atoms with Gasteiger partial charge >= 0.3 is 0 Å². The highest BCUT2D eigenvalue weighted by Crippen LogP contribution is 2.32. The van der Waals surface area contributed by atoms with E-state index in [1.807, 2.05) is 23.6 Å². The Hall–Kier alpha value is -1.94. The van der Waals surface area contributed by atoms with Crippen molar-refractivity contribution in [1.29, 1.82) is 0 Å². The lowest BCUT2D eigenvalue weighted by Gasteiger charge is -2.21. The van der Waals surface area contributed by atoms with E-state index in [9.17, 15) is 0 Å². The molecule has 0 aliphatic heterocycles. The van der Waals surface area contributed by atoms with E-state index >= 15 is 0 Å². The van der Waals surface area contributed by atoms with Crippen molar-refractivity contribution >= 4 is 11.3 Å². The zero-order valence-electron chi connectivity index (χ0n) is 11.8. The second-order valence-electron chi connectivity index (χ2n) is 5.78. The summed E-state index contributed by atoms with van der Waals surface area (Å²) >= 11 is 1.66. The van der Waals surface area contributed by atoms with E-state index in [0.717, 1.165) is 22.1 Å². The minimum Gasteiger partial charge on any atom is -0.258 e. The molecule has 4 heteroatoms. The Bertz CT molecular complexity index is 705. The predicted molar refractivity (Wildman–Crippen MR) is 83.8 cm³/mol. The van der Waals surface area contributed by atoms with Crippen molar-refractivity contribution in [3.8, 4) is 22.1 Å². The second kappa shape index (κ2) is 4.87. The molecule has 0 saturated carbocycles. The van der Waals surface area contributed by atoms with E-state index in [-0.39, 0.29) is 5.41 Å². The molecule has 0 saturated heterocycles. The highest BCUT2D eigenvalue weighted by atomic mass is 32.1. The summed E-state index contributed by atoms with van der Waals surface area (Å²) in [6.07, 6.45) is 0. The van der Waals surface area contributed by atoms with Gasteiger partial charge in [0.15, 0.2) is 11.6 Å². The molecule has 20 heavy (non-hydrogen) atoms. The predicted octanol–water partition coefficient (Wildman–Crippen LogP) is 4.50. The van der Waals surface area contributed by atoms with Crippen molar-refractivity contribution in [3.05, 3.63) is 47.3 Å². The van der Waals surface area contributed by atoms with E-state index in [0.29, 0.717) is 0 Å². The summed E-state index contributed by atoms with van der Waals surface area (Å²) in [7, 11) is 0. The van der Waals surface area contributed by atoms with Crippen molar-refractivity contribution in [2.24, 2.45) is 0 Å². The second-order valence-corrected chi connectivity index (χ2v) is 6.73. The van der Waals surface area contributed by atoms with Gasteiger partial charge in [0.1, 0.15) is 0 Å². The van der Waals surface area contributed by atoms with Gasteiger partial charge in [-0.15, -0.1) is 11.3 Å². The van der Waals surface area contributed by atoms with Gasteiger partial charge in [-0.05, 0) is 22.4 Å². The van der Waals surface area contributed by atoms with Crippen LogP contribution in [-0.2, 0) is 5.41 Å². The summed E-state index contributed by atoms with van der Waals surface area (Å²) in [4.78, 5) is 5.75. The Balaban J connectivity index is 2.07. The third kappa shape index (κ3) is 2.39. The molecule has 3 aromatic rings. The molecule has 1 aromatic carbocycles. The molecule has 0 amide bonds. The van der Waals surface area contributed by atoms with Crippen LogP contribution in [0.5, 0.6) is 0 Å². The molecule has 1 N–H and O–H groups in total. The molecule has 2 aromatic heterocycles. The fourth-order valence-corrected chi connectivity index (χ4v) is 2.90. The van der Waals surface area contributed by atoms with Gasteiger partial charge in [0.25, 0.3) is 0 Å². The van der Waals surface area contributed by atoms with E-state index in [4.69, 9.17) is 0 Å². The maximum Gasteiger partial charge on any atom is 0.181 e. The van der Waals surface area contributed by atoms with Crippen LogP contribution < -0.4 is 0 Å². The number of nitrogens with one attached hydrogen (secondary N) is 1. The number of aromatic amines is 1. The zero-order valence-corrected chi connectivity index (χ0v) is 12.7. The summed E-state index contributed by atoms with van der Waals surface area (Å²) < 4.78 is 0. The fraction of sp³-hybridized carbons (Fsp3) is 0.250. The Kier molecular flexibility index (Phi) is 3.18. The van der Waals surface area contributed by atoms with Crippen LogP contribution in [0.4, 0.5) is 0 Å². The van der Waals surface area contributed by atoms with Crippen LogP contribution in [0.25, 0.3) is 22.1 Å². The smallest absolute Gasteiger partial charge is 0.181 e. The molecule has 0 spiro atoms. The highest BCUT2D eigenvalue weighted by molar-refractivity contribution is 7.13. The first-order valence-electron chi connectivity index (χ1n) is 6.62. The molecule has 2 heterocycles. The number of thiophene rings is 1. The van der Waals surface area contributed by atoms with Gasteiger partial charge < -0.3 is 0 Å². The lowest BCUT2D eigenvalue weighted by atomic mass is 9.83. The van der Waals surface area contributed by atoms with Crippen LogP contribution in [0.2, 0.25) is 0 Å².